The minimum Gasteiger partial charge on any atom is -0.283 e. The van der Waals surface area contributed by atoms with Crippen LogP contribution in [0.4, 0.5) is 0 Å². The summed E-state index contributed by atoms with van der Waals surface area (Å²) in [7, 11) is 0. The van der Waals surface area contributed by atoms with E-state index in [0.29, 0.717) is 21.4 Å². The molecule has 4 nitrogen and oxygen atoms in total. The topological polar surface area (TPSA) is 45.2 Å². The number of carbonyl (C=O) groups is 1. The van der Waals surface area contributed by atoms with Crippen LogP contribution in [-0.2, 0) is 0 Å². The molecule has 2 aromatic rings. The first-order valence-corrected chi connectivity index (χ1v) is 8.37. The Morgan fingerprint density at radius 2 is 1.87 bits per heavy atom. The highest BCUT2D eigenvalue weighted by atomic mass is 35.5. The number of piperidine rings is 1. The number of carbonyl (C=O) groups excluding carboxylic acids is 1. The molecule has 0 aliphatic carbocycles. The van der Waals surface area contributed by atoms with E-state index in [2.05, 4.69) is 10.4 Å². The second kappa shape index (κ2) is 7.30. The number of hydrogen-bond donors (Lipinski definition) is 1. The Morgan fingerprint density at radius 3 is 2.61 bits per heavy atom. The van der Waals surface area contributed by atoms with Crippen LogP contribution in [0.5, 0.6) is 0 Å². The van der Waals surface area contributed by atoms with E-state index in [-0.39, 0.29) is 5.91 Å². The second-order valence-corrected chi connectivity index (χ2v) is 6.37. The van der Waals surface area contributed by atoms with Crippen LogP contribution >= 0.6 is 23.2 Å². The van der Waals surface area contributed by atoms with E-state index in [4.69, 9.17) is 23.2 Å². The smallest absolute Gasteiger partial charge is 0.283 e. The lowest BCUT2D eigenvalue weighted by Crippen LogP contribution is -2.45. The van der Waals surface area contributed by atoms with E-state index in [0.717, 1.165) is 31.5 Å². The van der Waals surface area contributed by atoms with Crippen molar-refractivity contribution in [3.05, 3.63) is 52.1 Å². The fraction of sp³-hybridized carbons (Fsp3) is 0.294. The van der Waals surface area contributed by atoms with Crippen molar-refractivity contribution in [2.75, 3.05) is 13.1 Å². The lowest BCUT2D eigenvalue weighted by atomic mass is 10.1. The molecular weight excluding hydrogens is 333 g/mol. The zero-order chi connectivity index (χ0) is 16.2. The van der Waals surface area contributed by atoms with E-state index in [9.17, 15) is 4.79 Å². The van der Waals surface area contributed by atoms with Gasteiger partial charge in [0.1, 0.15) is 5.69 Å². The summed E-state index contributed by atoms with van der Waals surface area (Å²) in [5, 5.41) is 3.03. The maximum Gasteiger partial charge on any atom is 0.284 e. The van der Waals surface area contributed by atoms with Gasteiger partial charge in [-0.2, -0.15) is 0 Å². The first-order chi connectivity index (χ1) is 11.1. The first-order valence-electron chi connectivity index (χ1n) is 7.62. The van der Waals surface area contributed by atoms with Crippen LogP contribution in [-0.4, -0.2) is 29.0 Å². The lowest BCUT2D eigenvalue weighted by Gasteiger charge is -2.26. The number of hydrogen-bond acceptors (Lipinski definition) is 3. The van der Waals surface area contributed by atoms with E-state index >= 15 is 0 Å². The molecule has 0 radical (unpaired) electrons. The Labute approximate surface area is 145 Å². The summed E-state index contributed by atoms with van der Waals surface area (Å²) < 4.78 is 0. The summed E-state index contributed by atoms with van der Waals surface area (Å²) in [5.74, 6) is -0.216. The number of rotatable bonds is 3. The van der Waals surface area contributed by atoms with Gasteiger partial charge in [0.15, 0.2) is 0 Å². The zero-order valence-electron chi connectivity index (χ0n) is 12.6. The molecule has 1 aliphatic heterocycles. The predicted octanol–water partition coefficient (Wildman–Crippen LogP) is 4.19. The van der Waals surface area contributed by atoms with Crippen molar-refractivity contribution in [3.8, 4) is 11.3 Å². The molecule has 0 atom stereocenters. The Balaban J connectivity index is 1.83. The van der Waals surface area contributed by atoms with E-state index in [1.54, 1.807) is 24.3 Å². The third kappa shape index (κ3) is 4.02. The van der Waals surface area contributed by atoms with E-state index < -0.39 is 0 Å². The minimum atomic E-state index is -0.216. The molecule has 3 rings (SSSR count). The van der Waals surface area contributed by atoms with Crippen LogP contribution < -0.4 is 5.43 Å². The molecule has 1 N–H and O–H groups in total. The minimum absolute atomic E-state index is 0.216. The summed E-state index contributed by atoms with van der Waals surface area (Å²) in [6.45, 7) is 1.75. The molecule has 120 valence electrons. The molecular formula is C17H17Cl2N3O. The number of amides is 1. The lowest BCUT2D eigenvalue weighted by molar-refractivity contribution is 0.0745. The molecule has 1 fully saturated rings. The van der Waals surface area contributed by atoms with Crippen LogP contribution in [0, 0.1) is 0 Å². The van der Waals surface area contributed by atoms with Gasteiger partial charge in [0, 0.05) is 23.7 Å². The summed E-state index contributed by atoms with van der Waals surface area (Å²) in [6.07, 6.45) is 3.41. The monoisotopic (exact) mass is 349 g/mol. The van der Waals surface area contributed by atoms with Crippen molar-refractivity contribution in [3.63, 3.8) is 0 Å². The summed E-state index contributed by atoms with van der Waals surface area (Å²) in [4.78, 5) is 16.8. The Bertz CT molecular complexity index is 715. The van der Waals surface area contributed by atoms with E-state index in [1.807, 2.05) is 17.1 Å². The largest absolute Gasteiger partial charge is 0.284 e. The molecule has 2 heterocycles. The third-order valence-electron chi connectivity index (χ3n) is 3.79. The number of pyridine rings is 1. The number of hydrazine groups is 1. The van der Waals surface area contributed by atoms with Crippen molar-refractivity contribution in [1.82, 2.24) is 15.4 Å². The van der Waals surface area contributed by atoms with Gasteiger partial charge in [-0.1, -0.05) is 41.8 Å². The van der Waals surface area contributed by atoms with Crippen LogP contribution in [0.2, 0.25) is 10.0 Å². The van der Waals surface area contributed by atoms with Gasteiger partial charge < -0.3 is 0 Å². The van der Waals surface area contributed by atoms with Gasteiger partial charge in [0.25, 0.3) is 5.91 Å². The van der Waals surface area contributed by atoms with E-state index in [1.165, 1.54) is 6.42 Å². The molecule has 1 aliphatic rings. The number of benzene rings is 1. The average Bonchev–Trinajstić information content (AvgIpc) is 2.56. The van der Waals surface area contributed by atoms with Crippen LogP contribution in [0.3, 0.4) is 0 Å². The number of nitrogens with zero attached hydrogens (tertiary/aromatic N) is 2. The summed E-state index contributed by atoms with van der Waals surface area (Å²) in [6, 6.07) is 10.6. The van der Waals surface area contributed by atoms with Gasteiger partial charge in [-0.3, -0.25) is 10.2 Å². The highest BCUT2D eigenvalue weighted by Crippen LogP contribution is 2.28. The zero-order valence-corrected chi connectivity index (χ0v) is 14.1. The number of aromatic nitrogens is 1. The maximum absolute atomic E-state index is 12.4. The second-order valence-electron chi connectivity index (χ2n) is 5.53. The van der Waals surface area contributed by atoms with Gasteiger partial charge in [0.2, 0.25) is 0 Å². The molecule has 23 heavy (non-hydrogen) atoms. The van der Waals surface area contributed by atoms with Crippen molar-refractivity contribution >= 4 is 29.1 Å². The predicted molar refractivity (Wildman–Crippen MR) is 92.6 cm³/mol. The average molecular weight is 350 g/mol. The standard InChI is InChI=1S/C17H17Cl2N3O/c18-13-6-4-5-12(11-13)16-14(19)7-8-15(20-16)17(23)21-22-9-2-1-3-10-22/h4-8,11H,1-3,9-10H2,(H,21,23). The Hall–Kier alpha value is -1.62. The third-order valence-corrected chi connectivity index (χ3v) is 4.33. The molecule has 1 aromatic carbocycles. The first kappa shape index (κ1) is 16.2. The van der Waals surface area contributed by atoms with Crippen molar-refractivity contribution in [2.45, 2.75) is 19.3 Å². The molecule has 0 spiro atoms. The SMILES string of the molecule is O=C(NN1CCCCC1)c1ccc(Cl)c(-c2cccc(Cl)c2)n1. The van der Waals surface area contributed by atoms with Gasteiger partial charge in [-0.25, -0.2) is 9.99 Å². The van der Waals surface area contributed by atoms with Gasteiger partial charge in [-0.15, -0.1) is 0 Å². The molecule has 0 saturated carbocycles. The molecule has 1 aromatic heterocycles. The number of nitrogens with one attached hydrogen (secondary N) is 1. The molecule has 0 unspecified atom stereocenters. The molecule has 1 amide bonds. The van der Waals surface area contributed by atoms with Crippen molar-refractivity contribution in [2.24, 2.45) is 0 Å². The van der Waals surface area contributed by atoms with Gasteiger partial charge in [-0.05, 0) is 37.1 Å². The summed E-state index contributed by atoms with van der Waals surface area (Å²) in [5.41, 5.74) is 4.59. The maximum atomic E-state index is 12.4. The Kier molecular flexibility index (Phi) is 5.16. The van der Waals surface area contributed by atoms with Crippen LogP contribution in [0.15, 0.2) is 36.4 Å². The molecule has 1 saturated heterocycles. The van der Waals surface area contributed by atoms with Crippen molar-refractivity contribution < 1.29 is 4.79 Å². The quantitative estimate of drug-likeness (QED) is 0.903. The van der Waals surface area contributed by atoms with Crippen molar-refractivity contribution in [1.29, 1.82) is 0 Å². The van der Waals surface area contributed by atoms with Crippen LogP contribution in [0.25, 0.3) is 11.3 Å². The Morgan fingerprint density at radius 1 is 1.09 bits per heavy atom. The van der Waals surface area contributed by atoms with Crippen LogP contribution in [0.1, 0.15) is 29.8 Å². The molecule has 6 heteroatoms. The summed E-state index contributed by atoms with van der Waals surface area (Å²) >= 11 is 12.3. The fourth-order valence-electron chi connectivity index (χ4n) is 2.61. The molecule has 0 bridgehead atoms. The van der Waals surface area contributed by atoms with Gasteiger partial charge in [0.05, 0.1) is 10.7 Å². The number of halogens is 2. The van der Waals surface area contributed by atoms with Gasteiger partial charge >= 0.3 is 0 Å². The normalized spacial score (nSPS) is 15.4. The highest BCUT2D eigenvalue weighted by molar-refractivity contribution is 6.33. The fourth-order valence-corrected chi connectivity index (χ4v) is 3.02. The highest BCUT2D eigenvalue weighted by Gasteiger charge is 2.16.